The number of carbonyl (C=O) groups excluding carboxylic acids is 1. The molecule has 2 rings (SSSR count). The van der Waals surface area contributed by atoms with Gasteiger partial charge >= 0.3 is 18.5 Å². The number of thioether (sulfide) groups is 1. The lowest BCUT2D eigenvalue weighted by Gasteiger charge is -2.31. The van der Waals surface area contributed by atoms with Crippen LogP contribution in [0.5, 0.6) is 0 Å². The molecule has 30 heavy (non-hydrogen) atoms. The number of benzene rings is 1. The van der Waals surface area contributed by atoms with Gasteiger partial charge in [-0.15, -0.1) is 0 Å². The summed E-state index contributed by atoms with van der Waals surface area (Å²) in [5.74, 6) is -5.06. The molecule has 16 heteroatoms. The van der Waals surface area contributed by atoms with Crippen LogP contribution >= 0.6 is 35.0 Å². The Hall–Kier alpha value is -1.67. The topological polar surface area (TPSA) is 41.5 Å². The van der Waals surface area contributed by atoms with Crippen LogP contribution in [-0.4, -0.2) is 35.1 Å². The molecule has 0 aromatic heterocycles. The van der Waals surface area contributed by atoms with Gasteiger partial charge in [0.05, 0.1) is 4.91 Å². The Bertz CT molecular complexity index is 902. The van der Waals surface area contributed by atoms with Gasteiger partial charge in [-0.3, -0.25) is 4.79 Å². The number of allylic oxidation sites excluding steroid dienone is 1. The molecule has 0 aliphatic carbocycles. The van der Waals surface area contributed by atoms with Gasteiger partial charge in [-0.1, -0.05) is 35.0 Å². The summed E-state index contributed by atoms with van der Waals surface area (Å²) >= 11 is 10.3. The summed E-state index contributed by atoms with van der Waals surface area (Å²) in [5, 5.41) is -0.379. The second-order valence-electron chi connectivity index (χ2n) is 5.48. The van der Waals surface area contributed by atoms with E-state index in [1.165, 1.54) is 5.32 Å². The van der Waals surface area contributed by atoms with Crippen molar-refractivity contribution < 1.29 is 48.7 Å². The van der Waals surface area contributed by atoms with Gasteiger partial charge in [0.2, 0.25) is 5.83 Å². The van der Waals surface area contributed by atoms with Gasteiger partial charge in [0.15, 0.2) is 5.17 Å². The minimum atomic E-state index is -6.53. The van der Waals surface area contributed by atoms with Crippen LogP contribution in [-0.2, 0) is 0 Å². The van der Waals surface area contributed by atoms with Crippen LogP contribution < -0.4 is 5.32 Å². The predicted octanol–water partition coefficient (Wildman–Crippen LogP) is 6.43. The molecule has 0 radical (unpaired) electrons. The number of hydrogen-bond acceptors (Lipinski definition) is 3. The number of nitrogens with one attached hydrogen (secondary N) is 1. The zero-order valence-electron chi connectivity index (χ0n) is 13.5. The molecule has 1 aliphatic rings. The van der Waals surface area contributed by atoms with Crippen LogP contribution in [0.1, 0.15) is 10.4 Å². The fraction of sp³-hybridized carbons (Fsp3) is 0.286. The highest BCUT2D eigenvalue weighted by Gasteiger charge is 2.77. The molecule has 0 saturated heterocycles. The first-order valence-corrected chi connectivity index (χ1v) is 8.63. The largest absolute Gasteiger partial charge is 0.443 e. The highest BCUT2D eigenvalue weighted by atomic mass is 35.5. The third-order valence-corrected chi connectivity index (χ3v) is 4.91. The first-order chi connectivity index (χ1) is 13.4. The van der Waals surface area contributed by atoms with E-state index in [-0.39, 0.29) is 10.0 Å². The van der Waals surface area contributed by atoms with Crippen molar-refractivity contribution in [1.29, 1.82) is 0 Å². The van der Waals surface area contributed by atoms with Gasteiger partial charge in [0, 0.05) is 15.6 Å². The minimum absolute atomic E-state index is 0.141. The molecule has 0 atom stereocenters. The lowest BCUT2D eigenvalue weighted by Crippen LogP contribution is -2.55. The molecule has 1 N–H and O–H groups in total. The maximum atomic E-state index is 13.6. The van der Waals surface area contributed by atoms with Crippen LogP contribution in [0.2, 0.25) is 10.0 Å². The van der Waals surface area contributed by atoms with Gasteiger partial charge < -0.3 is 5.32 Å². The summed E-state index contributed by atoms with van der Waals surface area (Å²) < 4.78 is 131. The molecule has 1 aromatic carbocycles. The van der Waals surface area contributed by atoms with Crippen LogP contribution in [0, 0.1) is 0 Å². The smallest absolute Gasteiger partial charge is 0.301 e. The lowest BCUT2D eigenvalue weighted by molar-refractivity contribution is -0.280. The number of hydrogen-bond donors (Lipinski definition) is 1. The molecule has 0 spiro atoms. The number of carbonyl (C=O) groups is 1. The van der Waals surface area contributed by atoms with E-state index in [1.807, 2.05) is 0 Å². The molecule has 1 amide bonds. The van der Waals surface area contributed by atoms with Gasteiger partial charge in [-0.2, -0.15) is 39.5 Å². The van der Waals surface area contributed by atoms with Crippen LogP contribution in [0.25, 0.3) is 0 Å². The summed E-state index contributed by atoms with van der Waals surface area (Å²) in [6, 6.07) is 2.97. The SMILES string of the molecule is O=C(NC1=NC(C(F)(F)F)(C(F)(F)F)/C(=C(\F)C(F)(F)F)S1)c1cc(Cl)cc(Cl)c1. The van der Waals surface area contributed by atoms with E-state index < -0.39 is 63.2 Å². The second kappa shape index (κ2) is 7.79. The number of amides is 1. The van der Waals surface area contributed by atoms with Crippen molar-refractivity contribution in [2.24, 2.45) is 4.99 Å². The van der Waals surface area contributed by atoms with Crippen molar-refractivity contribution in [3.63, 3.8) is 0 Å². The Morgan fingerprint density at radius 1 is 0.933 bits per heavy atom. The standard InChI is InChI=1S/C14H4Cl2F10N2OS/c15-5-1-4(2-6(16)3-5)9(29)27-10-28-11(13(21,22)23,14(24,25)26)8(30-10)7(17)12(18,19)20/h1-3H,(H,27,28,29)/b8-7+. The molecule has 0 bridgehead atoms. The molecule has 1 aliphatic heterocycles. The fourth-order valence-corrected chi connectivity index (χ4v) is 3.86. The molecular formula is C14H4Cl2F10N2OS. The number of alkyl halides is 9. The van der Waals surface area contributed by atoms with E-state index in [4.69, 9.17) is 23.2 Å². The van der Waals surface area contributed by atoms with E-state index in [0.29, 0.717) is 0 Å². The maximum absolute atomic E-state index is 13.6. The monoisotopic (exact) mass is 508 g/mol. The molecule has 0 fully saturated rings. The third-order valence-electron chi connectivity index (χ3n) is 3.41. The average Bonchev–Trinajstić information content (AvgIpc) is 2.92. The molecule has 0 saturated carbocycles. The van der Waals surface area contributed by atoms with Crippen molar-refractivity contribution in [3.8, 4) is 0 Å². The van der Waals surface area contributed by atoms with E-state index >= 15 is 0 Å². The van der Waals surface area contributed by atoms with Crippen molar-refractivity contribution in [1.82, 2.24) is 5.32 Å². The van der Waals surface area contributed by atoms with E-state index in [9.17, 15) is 48.7 Å². The van der Waals surface area contributed by atoms with Crippen molar-refractivity contribution >= 4 is 46.0 Å². The normalized spacial score (nSPS) is 18.9. The van der Waals surface area contributed by atoms with Crippen LogP contribution in [0.3, 0.4) is 0 Å². The van der Waals surface area contributed by atoms with E-state index in [1.54, 1.807) is 0 Å². The number of rotatable bonds is 1. The van der Waals surface area contributed by atoms with Crippen molar-refractivity contribution in [2.75, 3.05) is 0 Å². The highest BCUT2D eigenvalue weighted by Crippen LogP contribution is 2.59. The molecule has 0 unspecified atom stereocenters. The molecule has 3 nitrogen and oxygen atoms in total. The Labute approximate surface area is 174 Å². The Kier molecular flexibility index (Phi) is 6.38. The lowest BCUT2D eigenvalue weighted by atomic mass is 9.97. The molecular weight excluding hydrogens is 505 g/mol. The molecule has 166 valence electrons. The first-order valence-electron chi connectivity index (χ1n) is 7.06. The van der Waals surface area contributed by atoms with Crippen LogP contribution in [0.15, 0.2) is 33.9 Å². The third kappa shape index (κ3) is 4.49. The zero-order chi connectivity index (χ0) is 23.3. The zero-order valence-corrected chi connectivity index (χ0v) is 15.9. The summed E-state index contributed by atoms with van der Waals surface area (Å²) in [7, 11) is 0. The van der Waals surface area contributed by atoms with Crippen molar-refractivity contribution in [3.05, 3.63) is 44.5 Å². The number of nitrogens with zero attached hydrogens (tertiary/aromatic N) is 1. The number of halogens is 12. The Morgan fingerprint density at radius 2 is 1.40 bits per heavy atom. The molecule has 1 heterocycles. The fourth-order valence-electron chi connectivity index (χ4n) is 2.18. The highest BCUT2D eigenvalue weighted by molar-refractivity contribution is 8.17. The van der Waals surface area contributed by atoms with E-state index in [0.717, 1.165) is 18.2 Å². The minimum Gasteiger partial charge on any atom is -0.301 e. The number of amidine groups is 1. The van der Waals surface area contributed by atoms with E-state index in [2.05, 4.69) is 4.99 Å². The van der Waals surface area contributed by atoms with Gasteiger partial charge in [0.1, 0.15) is 0 Å². The van der Waals surface area contributed by atoms with Crippen LogP contribution in [0.4, 0.5) is 43.9 Å². The van der Waals surface area contributed by atoms with Crippen molar-refractivity contribution in [2.45, 2.75) is 24.1 Å². The Balaban J connectivity index is 2.62. The predicted molar refractivity (Wildman–Crippen MR) is 88.0 cm³/mol. The molecule has 1 aromatic rings. The average molecular weight is 509 g/mol. The van der Waals surface area contributed by atoms with Gasteiger partial charge in [-0.25, -0.2) is 9.38 Å². The summed E-state index contributed by atoms with van der Waals surface area (Å²) in [5.41, 5.74) is -6.03. The van der Waals surface area contributed by atoms with Gasteiger partial charge in [-0.05, 0) is 18.2 Å². The maximum Gasteiger partial charge on any atom is 0.443 e. The van der Waals surface area contributed by atoms with Gasteiger partial charge in [0.25, 0.3) is 11.4 Å². The summed E-state index contributed by atoms with van der Waals surface area (Å²) in [4.78, 5) is 11.5. The summed E-state index contributed by atoms with van der Waals surface area (Å²) in [6.07, 6.45) is -19.2. The first kappa shape index (κ1) is 24.6. The Morgan fingerprint density at radius 3 is 1.80 bits per heavy atom. The number of aliphatic imine (C=N–C) groups is 1. The summed E-state index contributed by atoms with van der Waals surface area (Å²) in [6.45, 7) is 0. The second-order valence-corrected chi connectivity index (χ2v) is 7.35. The quantitative estimate of drug-likeness (QED) is 0.444.